The summed E-state index contributed by atoms with van der Waals surface area (Å²) in [5.41, 5.74) is 9.23. The first-order valence-corrected chi connectivity index (χ1v) is 7.33. The zero-order chi connectivity index (χ0) is 15.7. The molecule has 116 valence electrons. The van der Waals surface area contributed by atoms with Crippen LogP contribution >= 0.6 is 0 Å². The molecule has 0 amide bonds. The van der Waals surface area contributed by atoms with Crippen molar-refractivity contribution < 1.29 is 14.6 Å². The quantitative estimate of drug-likeness (QED) is 0.847. The molecule has 3 N–H and O–H groups in total. The monoisotopic (exact) mass is 300 g/mol. The molecule has 1 aromatic heterocycles. The number of hydrogen-bond acceptors (Lipinski definition) is 5. The number of nitrogens with zero attached hydrogens (tertiary/aromatic N) is 1. The number of nitrogens with two attached hydrogens (primary N) is 1. The van der Waals surface area contributed by atoms with E-state index in [0.29, 0.717) is 23.7 Å². The van der Waals surface area contributed by atoms with E-state index >= 15 is 0 Å². The molecule has 0 aliphatic carbocycles. The Balaban J connectivity index is 2.10. The Labute approximate surface area is 129 Å². The van der Waals surface area contributed by atoms with Crippen LogP contribution in [0.5, 0.6) is 5.88 Å². The lowest BCUT2D eigenvalue weighted by Gasteiger charge is -2.37. The fourth-order valence-electron chi connectivity index (χ4n) is 2.59. The smallest absolute Gasteiger partial charge is 0.219 e. The van der Waals surface area contributed by atoms with Gasteiger partial charge in [0.25, 0.3) is 0 Å². The van der Waals surface area contributed by atoms with E-state index in [1.165, 1.54) is 0 Å². The van der Waals surface area contributed by atoms with E-state index in [1.54, 1.807) is 6.20 Å². The molecule has 0 spiro atoms. The molecule has 0 unspecified atom stereocenters. The van der Waals surface area contributed by atoms with Crippen LogP contribution in [0, 0.1) is 6.92 Å². The van der Waals surface area contributed by atoms with Gasteiger partial charge in [-0.3, -0.25) is 0 Å². The first kappa shape index (κ1) is 14.8. The maximum Gasteiger partial charge on any atom is 0.219 e. The number of aromatic nitrogens is 1. The molecule has 1 fully saturated rings. The van der Waals surface area contributed by atoms with E-state index in [9.17, 15) is 5.11 Å². The molecule has 22 heavy (non-hydrogen) atoms. The molecule has 3 rings (SSSR count). The molecule has 5 heteroatoms. The van der Waals surface area contributed by atoms with E-state index in [4.69, 9.17) is 15.2 Å². The molecule has 0 atom stereocenters. The van der Waals surface area contributed by atoms with Crippen molar-refractivity contribution in [1.82, 2.24) is 4.98 Å². The highest BCUT2D eigenvalue weighted by atomic mass is 16.5. The first-order chi connectivity index (χ1) is 10.5. The minimum atomic E-state index is -1.03. The van der Waals surface area contributed by atoms with Gasteiger partial charge >= 0.3 is 0 Å². The van der Waals surface area contributed by atoms with Crippen molar-refractivity contribution in [2.24, 2.45) is 0 Å². The molecule has 1 saturated heterocycles. The lowest BCUT2D eigenvalue weighted by Crippen LogP contribution is -2.46. The third kappa shape index (κ3) is 2.53. The van der Waals surface area contributed by atoms with Crippen LogP contribution in [-0.2, 0) is 10.3 Å². The number of ether oxygens (including phenoxy) is 2. The summed E-state index contributed by atoms with van der Waals surface area (Å²) in [4.78, 5) is 4.39. The third-order valence-corrected chi connectivity index (χ3v) is 3.89. The van der Waals surface area contributed by atoms with Crippen molar-refractivity contribution in [1.29, 1.82) is 0 Å². The minimum absolute atomic E-state index is 0.258. The molecular formula is C17H20N2O3. The van der Waals surface area contributed by atoms with E-state index < -0.39 is 5.60 Å². The average Bonchev–Trinajstić information content (AvgIpc) is 2.48. The highest BCUT2D eigenvalue weighted by Gasteiger charge is 2.41. The first-order valence-electron chi connectivity index (χ1n) is 7.33. The highest BCUT2D eigenvalue weighted by Crippen LogP contribution is 2.37. The number of nitrogen functional groups attached to an aromatic ring is 1. The van der Waals surface area contributed by atoms with Gasteiger partial charge in [-0.15, -0.1) is 0 Å². The second-order valence-electron chi connectivity index (χ2n) is 5.61. The molecule has 0 radical (unpaired) electrons. The van der Waals surface area contributed by atoms with Gasteiger partial charge in [0.2, 0.25) is 5.88 Å². The molecule has 1 aliphatic rings. The normalized spacial score (nSPS) is 16.1. The largest absolute Gasteiger partial charge is 0.478 e. The summed E-state index contributed by atoms with van der Waals surface area (Å²) >= 11 is 0. The van der Waals surface area contributed by atoms with Gasteiger partial charge in [0, 0.05) is 17.4 Å². The Morgan fingerprint density at radius 2 is 2.14 bits per heavy atom. The second kappa shape index (κ2) is 5.59. The van der Waals surface area contributed by atoms with Crippen LogP contribution in [-0.4, -0.2) is 29.9 Å². The lowest BCUT2D eigenvalue weighted by atomic mass is 9.90. The van der Waals surface area contributed by atoms with E-state index in [1.807, 2.05) is 38.1 Å². The maximum atomic E-state index is 10.6. The number of aliphatic hydroxyl groups is 1. The van der Waals surface area contributed by atoms with E-state index in [-0.39, 0.29) is 13.2 Å². The molecule has 2 heterocycles. The Kier molecular flexibility index (Phi) is 3.76. The van der Waals surface area contributed by atoms with Gasteiger partial charge in [0.05, 0.1) is 25.4 Å². The van der Waals surface area contributed by atoms with Gasteiger partial charge in [0.1, 0.15) is 5.60 Å². The van der Waals surface area contributed by atoms with Crippen molar-refractivity contribution in [3.8, 4) is 17.0 Å². The Bertz CT molecular complexity index is 696. The summed E-state index contributed by atoms with van der Waals surface area (Å²) in [7, 11) is 0. The van der Waals surface area contributed by atoms with Crippen molar-refractivity contribution in [3.63, 3.8) is 0 Å². The highest BCUT2D eigenvalue weighted by molar-refractivity contribution is 5.71. The van der Waals surface area contributed by atoms with Gasteiger partial charge in [-0.05, 0) is 43.2 Å². The summed E-state index contributed by atoms with van der Waals surface area (Å²) in [6.07, 6.45) is 1.75. The number of rotatable bonds is 4. The molecule has 0 bridgehead atoms. The molecule has 0 saturated carbocycles. The Hall–Kier alpha value is -2.11. The van der Waals surface area contributed by atoms with Crippen LogP contribution in [0.1, 0.15) is 18.1 Å². The van der Waals surface area contributed by atoms with Gasteiger partial charge in [-0.1, -0.05) is 6.07 Å². The summed E-state index contributed by atoms with van der Waals surface area (Å²) in [6, 6.07) is 7.68. The van der Waals surface area contributed by atoms with Crippen LogP contribution in [0.25, 0.3) is 11.1 Å². The van der Waals surface area contributed by atoms with Crippen LogP contribution in [0.3, 0.4) is 0 Å². The zero-order valence-corrected chi connectivity index (χ0v) is 12.8. The van der Waals surface area contributed by atoms with Crippen molar-refractivity contribution >= 4 is 5.69 Å². The van der Waals surface area contributed by atoms with Crippen LogP contribution < -0.4 is 10.5 Å². The maximum absolute atomic E-state index is 10.6. The predicted molar refractivity (Wildman–Crippen MR) is 84.7 cm³/mol. The fourth-order valence-corrected chi connectivity index (χ4v) is 2.59. The van der Waals surface area contributed by atoms with Crippen molar-refractivity contribution in [2.75, 3.05) is 25.6 Å². The van der Waals surface area contributed by atoms with Crippen molar-refractivity contribution in [3.05, 3.63) is 41.6 Å². The lowest BCUT2D eigenvalue weighted by molar-refractivity contribution is -0.185. The molecule has 5 nitrogen and oxygen atoms in total. The summed E-state index contributed by atoms with van der Waals surface area (Å²) in [5.74, 6) is 0.457. The Morgan fingerprint density at radius 3 is 2.77 bits per heavy atom. The number of aryl methyl sites for hydroxylation is 1. The topological polar surface area (TPSA) is 77.6 Å². The van der Waals surface area contributed by atoms with Crippen LogP contribution in [0.2, 0.25) is 0 Å². The summed E-state index contributed by atoms with van der Waals surface area (Å²) < 4.78 is 10.7. The SMILES string of the molecule is CCOc1ncc(-c2cc(N)ccc2C)cc1C1(O)COC1. The number of benzene rings is 1. The molecule has 2 aromatic rings. The van der Waals surface area contributed by atoms with E-state index in [0.717, 1.165) is 16.7 Å². The molecule has 1 aromatic carbocycles. The molecule has 1 aliphatic heterocycles. The molecular weight excluding hydrogens is 280 g/mol. The van der Waals surface area contributed by atoms with Gasteiger partial charge < -0.3 is 20.3 Å². The van der Waals surface area contributed by atoms with Gasteiger partial charge in [0.15, 0.2) is 0 Å². The number of hydrogen-bond donors (Lipinski definition) is 2. The number of pyridine rings is 1. The summed E-state index contributed by atoms with van der Waals surface area (Å²) in [5, 5.41) is 10.6. The fraction of sp³-hybridized carbons (Fsp3) is 0.353. The van der Waals surface area contributed by atoms with Gasteiger partial charge in [-0.2, -0.15) is 0 Å². The van der Waals surface area contributed by atoms with Crippen molar-refractivity contribution in [2.45, 2.75) is 19.4 Å². The average molecular weight is 300 g/mol. The minimum Gasteiger partial charge on any atom is -0.478 e. The van der Waals surface area contributed by atoms with E-state index in [2.05, 4.69) is 4.98 Å². The van der Waals surface area contributed by atoms with Crippen LogP contribution in [0.4, 0.5) is 5.69 Å². The zero-order valence-electron chi connectivity index (χ0n) is 12.8. The standard InChI is InChI=1S/C17H20N2O3/c1-3-22-16-15(17(20)9-21-10-17)6-12(8-19-16)14-7-13(18)5-4-11(14)2/h4-8,20H,3,9-10,18H2,1-2H3. The summed E-state index contributed by atoms with van der Waals surface area (Å²) in [6.45, 7) is 4.92. The third-order valence-electron chi connectivity index (χ3n) is 3.89. The predicted octanol–water partition coefficient (Wildman–Crippen LogP) is 2.26. The van der Waals surface area contributed by atoms with Gasteiger partial charge in [-0.25, -0.2) is 4.98 Å². The number of anilines is 1. The Morgan fingerprint density at radius 1 is 1.36 bits per heavy atom. The second-order valence-corrected chi connectivity index (χ2v) is 5.61. The van der Waals surface area contributed by atoms with Crippen LogP contribution in [0.15, 0.2) is 30.5 Å².